The lowest BCUT2D eigenvalue weighted by molar-refractivity contribution is -0.129. The lowest BCUT2D eigenvalue weighted by atomic mass is 10.1. The van der Waals surface area contributed by atoms with Crippen LogP contribution in [0.1, 0.15) is 32.8 Å². The average Bonchev–Trinajstić information content (AvgIpc) is 2.89. The number of halogens is 2. The Bertz CT molecular complexity index is 631. The summed E-state index contributed by atoms with van der Waals surface area (Å²) < 4.78 is 19.1. The summed E-state index contributed by atoms with van der Waals surface area (Å²) in [5, 5.41) is 2.78. The zero-order chi connectivity index (χ0) is 17.9. The van der Waals surface area contributed by atoms with Gasteiger partial charge in [-0.25, -0.2) is 9.18 Å². The van der Waals surface area contributed by atoms with E-state index in [0.29, 0.717) is 29.5 Å². The van der Waals surface area contributed by atoms with E-state index in [9.17, 15) is 14.0 Å². The van der Waals surface area contributed by atoms with Gasteiger partial charge in [-0.1, -0.05) is 6.07 Å². The van der Waals surface area contributed by atoms with E-state index in [-0.39, 0.29) is 24.2 Å². The van der Waals surface area contributed by atoms with Gasteiger partial charge < -0.3 is 15.0 Å². The molecule has 2 amide bonds. The second-order valence-electron chi connectivity index (χ2n) is 6.90. The van der Waals surface area contributed by atoms with Crippen molar-refractivity contribution >= 4 is 27.9 Å². The van der Waals surface area contributed by atoms with Crippen molar-refractivity contribution in [1.82, 2.24) is 10.2 Å². The number of benzene rings is 1. The first-order valence-corrected chi connectivity index (χ1v) is 8.64. The Kier molecular flexibility index (Phi) is 5.85. The quantitative estimate of drug-likeness (QED) is 0.846. The molecule has 0 unspecified atom stereocenters. The zero-order valence-corrected chi connectivity index (χ0v) is 15.7. The van der Waals surface area contributed by atoms with Crippen LogP contribution in [0.25, 0.3) is 0 Å². The first-order chi connectivity index (χ1) is 11.1. The minimum Gasteiger partial charge on any atom is -0.444 e. The highest BCUT2D eigenvalue weighted by Crippen LogP contribution is 2.18. The van der Waals surface area contributed by atoms with E-state index < -0.39 is 11.7 Å². The molecule has 7 heteroatoms. The molecule has 0 saturated carbocycles. The van der Waals surface area contributed by atoms with E-state index in [2.05, 4.69) is 21.2 Å². The molecule has 5 nitrogen and oxygen atoms in total. The van der Waals surface area contributed by atoms with Crippen molar-refractivity contribution in [2.45, 2.75) is 45.3 Å². The van der Waals surface area contributed by atoms with E-state index in [1.165, 1.54) is 6.07 Å². The molecule has 1 aliphatic rings. The van der Waals surface area contributed by atoms with Gasteiger partial charge in [0.05, 0.1) is 16.9 Å². The number of ether oxygens (including phenoxy) is 1. The first-order valence-electron chi connectivity index (χ1n) is 7.85. The predicted molar refractivity (Wildman–Crippen MR) is 92.2 cm³/mol. The van der Waals surface area contributed by atoms with Crippen LogP contribution in [-0.2, 0) is 16.0 Å². The van der Waals surface area contributed by atoms with Gasteiger partial charge in [0.2, 0.25) is 5.91 Å². The summed E-state index contributed by atoms with van der Waals surface area (Å²) in [6, 6.07) is 4.55. The number of carbonyl (C=O) groups excluding carboxylic acids is 2. The van der Waals surface area contributed by atoms with Gasteiger partial charge in [-0.15, -0.1) is 0 Å². The molecule has 1 saturated heterocycles. The third-order valence-corrected chi connectivity index (χ3v) is 4.24. The number of hydrogen-bond donors (Lipinski definition) is 1. The second kappa shape index (κ2) is 7.51. The minimum atomic E-state index is -0.552. The average molecular weight is 401 g/mol. The molecule has 1 heterocycles. The zero-order valence-electron chi connectivity index (χ0n) is 14.1. The Morgan fingerprint density at radius 1 is 1.42 bits per heavy atom. The second-order valence-corrected chi connectivity index (χ2v) is 7.75. The lowest BCUT2D eigenvalue weighted by Crippen LogP contribution is -2.41. The molecule has 1 aromatic rings. The monoisotopic (exact) mass is 400 g/mol. The van der Waals surface area contributed by atoms with Gasteiger partial charge >= 0.3 is 6.09 Å². The van der Waals surface area contributed by atoms with Crippen LogP contribution < -0.4 is 5.32 Å². The molecular weight excluding hydrogens is 379 g/mol. The number of nitrogens with one attached hydrogen (secondary N) is 1. The summed E-state index contributed by atoms with van der Waals surface area (Å²) in [4.78, 5) is 25.8. The summed E-state index contributed by atoms with van der Waals surface area (Å²) in [6.07, 6.45) is 0.347. The van der Waals surface area contributed by atoms with Crippen LogP contribution in [-0.4, -0.2) is 41.6 Å². The van der Waals surface area contributed by atoms with Gasteiger partial charge in [0, 0.05) is 13.1 Å². The van der Waals surface area contributed by atoms with E-state index in [1.54, 1.807) is 37.8 Å². The number of hydrogen-bond acceptors (Lipinski definition) is 3. The molecule has 1 aromatic carbocycles. The fourth-order valence-electron chi connectivity index (χ4n) is 2.51. The van der Waals surface area contributed by atoms with Gasteiger partial charge in [-0.05, 0) is 60.8 Å². The Labute approximate surface area is 149 Å². The highest BCUT2D eigenvalue weighted by atomic mass is 79.9. The highest BCUT2D eigenvalue weighted by Gasteiger charge is 2.28. The number of nitrogens with zero attached hydrogens (tertiary/aromatic N) is 1. The number of alkyl carbamates (subject to hydrolysis) is 1. The van der Waals surface area contributed by atoms with Gasteiger partial charge in [-0.3, -0.25) is 4.79 Å². The maximum atomic E-state index is 13.5. The summed E-state index contributed by atoms with van der Waals surface area (Å²) >= 11 is 3.09. The van der Waals surface area contributed by atoms with Crippen LogP contribution in [0.4, 0.5) is 9.18 Å². The van der Waals surface area contributed by atoms with E-state index in [0.717, 1.165) is 0 Å². The fourth-order valence-corrected chi connectivity index (χ4v) is 2.76. The normalized spacial score (nSPS) is 17.7. The lowest BCUT2D eigenvalue weighted by Gasteiger charge is -2.22. The third-order valence-electron chi connectivity index (χ3n) is 3.60. The maximum absolute atomic E-state index is 13.5. The molecule has 0 aliphatic carbocycles. The van der Waals surface area contributed by atoms with Crippen molar-refractivity contribution in [3.05, 3.63) is 34.1 Å². The van der Waals surface area contributed by atoms with Crippen molar-refractivity contribution in [2.75, 3.05) is 13.1 Å². The van der Waals surface area contributed by atoms with Crippen LogP contribution >= 0.6 is 15.9 Å². The van der Waals surface area contributed by atoms with Crippen LogP contribution in [0.3, 0.4) is 0 Å². The minimum absolute atomic E-state index is 0.0785. The topological polar surface area (TPSA) is 58.6 Å². The Balaban J connectivity index is 1.85. The number of likely N-dealkylation sites (tertiary alicyclic amines) is 1. The maximum Gasteiger partial charge on any atom is 0.407 e. The molecule has 0 spiro atoms. The summed E-state index contributed by atoms with van der Waals surface area (Å²) in [6.45, 7) is 6.41. The standard InChI is InChI=1S/C17H22BrFN2O3/c1-17(2,3)24-16(23)20-12-6-7-21(10-12)15(22)9-11-4-5-13(18)14(19)8-11/h4-5,8,12H,6-7,9-10H2,1-3H3,(H,20,23)/t12-/m1/s1. The van der Waals surface area contributed by atoms with Crippen molar-refractivity contribution in [2.24, 2.45) is 0 Å². The van der Waals surface area contributed by atoms with Crippen LogP contribution in [0, 0.1) is 5.82 Å². The largest absolute Gasteiger partial charge is 0.444 e. The van der Waals surface area contributed by atoms with Crippen molar-refractivity contribution < 1.29 is 18.7 Å². The summed E-state index contributed by atoms with van der Waals surface area (Å²) in [5.74, 6) is -0.462. The van der Waals surface area contributed by atoms with Crippen molar-refractivity contribution in [3.63, 3.8) is 0 Å². The van der Waals surface area contributed by atoms with Gasteiger partial charge in [-0.2, -0.15) is 0 Å². The Morgan fingerprint density at radius 3 is 2.75 bits per heavy atom. The van der Waals surface area contributed by atoms with Crippen LogP contribution in [0.5, 0.6) is 0 Å². The Morgan fingerprint density at radius 2 is 2.12 bits per heavy atom. The molecule has 1 atom stereocenters. The van der Waals surface area contributed by atoms with Crippen molar-refractivity contribution in [1.29, 1.82) is 0 Å². The molecule has 1 fully saturated rings. The molecule has 132 valence electrons. The van der Waals surface area contributed by atoms with Crippen LogP contribution in [0.2, 0.25) is 0 Å². The molecule has 1 aliphatic heterocycles. The van der Waals surface area contributed by atoms with E-state index >= 15 is 0 Å². The summed E-state index contributed by atoms with van der Waals surface area (Å²) in [5.41, 5.74) is 0.0772. The Hall–Kier alpha value is -1.63. The van der Waals surface area contributed by atoms with Gasteiger partial charge in [0.15, 0.2) is 0 Å². The molecule has 2 rings (SSSR count). The van der Waals surface area contributed by atoms with Crippen LogP contribution in [0.15, 0.2) is 22.7 Å². The van der Waals surface area contributed by atoms with E-state index in [4.69, 9.17) is 4.74 Å². The molecular formula is C17H22BrFN2O3. The summed E-state index contributed by atoms with van der Waals surface area (Å²) in [7, 11) is 0. The SMILES string of the molecule is CC(C)(C)OC(=O)N[C@@H]1CCN(C(=O)Cc2ccc(Br)c(F)c2)C1. The van der Waals surface area contributed by atoms with Gasteiger partial charge in [0.1, 0.15) is 11.4 Å². The fraction of sp³-hybridized carbons (Fsp3) is 0.529. The van der Waals surface area contributed by atoms with Gasteiger partial charge in [0.25, 0.3) is 0 Å². The molecule has 0 aromatic heterocycles. The molecule has 0 bridgehead atoms. The number of rotatable bonds is 3. The predicted octanol–water partition coefficient (Wildman–Crippen LogP) is 3.26. The first kappa shape index (κ1) is 18.7. The molecule has 24 heavy (non-hydrogen) atoms. The number of amides is 2. The number of carbonyl (C=O) groups is 2. The van der Waals surface area contributed by atoms with E-state index in [1.807, 2.05) is 0 Å². The third kappa shape index (κ3) is 5.47. The molecule has 1 N–H and O–H groups in total. The smallest absolute Gasteiger partial charge is 0.407 e. The molecule has 0 radical (unpaired) electrons. The highest BCUT2D eigenvalue weighted by molar-refractivity contribution is 9.10. The van der Waals surface area contributed by atoms with Crippen molar-refractivity contribution in [3.8, 4) is 0 Å².